The summed E-state index contributed by atoms with van der Waals surface area (Å²) in [6.45, 7) is 4.99. The van der Waals surface area contributed by atoms with Crippen molar-refractivity contribution in [3.8, 4) is 17.6 Å². The molecule has 5 heterocycles. The molecule has 150 valence electrons. The molecule has 4 aromatic rings. The third-order valence-corrected chi connectivity index (χ3v) is 4.91. The van der Waals surface area contributed by atoms with Gasteiger partial charge in [0.05, 0.1) is 24.4 Å². The number of aromatic nitrogens is 6. The van der Waals surface area contributed by atoms with Crippen LogP contribution in [0.15, 0.2) is 41.3 Å². The molecule has 1 fully saturated rings. The Morgan fingerprint density at radius 3 is 2.87 bits per heavy atom. The lowest BCUT2D eigenvalue weighted by atomic mass is 10.2. The summed E-state index contributed by atoms with van der Waals surface area (Å²) in [7, 11) is 0. The van der Waals surface area contributed by atoms with Gasteiger partial charge in [0.1, 0.15) is 23.2 Å². The number of nitrogens with zero attached hydrogens (tertiary/aromatic N) is 8. The lowest BCUT2D eigenvalue weighted by Crippen LogP contribution is -2.43. The van der Waals surface area contributed by atoms with Gasteiger partial charge in [0.15, 0.2) is 17.8 Å². The molecule has 0 N–H and O–H groups in total. The fraction of sp³-hybridized carbons (Fsp3) is 0.300. The van der Waals surface area contributed by atoms with Crippen LogP contribution in [0.4, 0.5) is 5.82 Å². The summed E-state index contributed by atoms with van der Waals surface area (Å²) < 4.78 is 13.1. The van der Waals surface area contributed by atoms with E-state index < -0.39 is 0 Å². The van der Waals surface area contributed by atoms with Crippen molar-refractivity contribution in [3.63, 3.8) is 0 Å². The van der Waals surface area contributed by atoms with Crippen LogP contribution in [0.2, 0.25) is 0 Å². The number of rotatable bonds is 3. The number of imidazole rings is 1. The van der Waals surface area contributed by atoms with E-state index in [4.69, 9.17) is 14.2 Å². The molecular formula is C20H18N8O2. The molecule has 0 unspecified atom stereocenters. The smallest absolute Gasteiger partial charge is 0.257 e. The maximum absolute atomic E-state index is 9.20. The number of hydrogen-bond donors (Lipinski definition) is 0. The SMILES string of the molecule is Cc1noc([C@@H]2CN(c3ccnc(-c4cnc5ccc(C#N)cn45)n3)C[C@H](C)O2)n1. The number of fused-ring (bicyclic) bond motifs is 1. The Morgan fingerprint density at radius 1 is 1.17 bits per heavy atom. The van der Waals surface area contributed by atoms with Crippen molar-refractivity contribution in [2.45, 2.75) is 26.1 Å². The molecule has 0 amide bonds. The number of nitriles is 1. The number of pyridine rings is 1. The van der Waals surface area contributed by atoms with E-state index >= 15 is 0 Å². The molecule has 0 spiro atoms. The fourth-order valence-corrected chi connectivity index (χ4v) is 3.58. The molecule has 1 aliphatic rings. The highest BCUT2D eigenvalue weighted by atomic mass is 16.5. The summed E-state index contributed by atoms with van der Waals surface area (Å²) in [6, 6.07) is 7.54. The van der Waals surface area contributed by atoms with Crippen LogP contribution in [0.25, 0.3) is 17.2 Å². The molecule has 0 aromatic carbocycles. The van der Waals surface area contributed by atoms with Crippen molar-refractivity contribution in [1.82, 2.24) is 29.5 Å². The molecular weight excluding hydrogens is 384 g/mol. The van der Waals surface area contributed by atoms with Gasteiger partial charge in [-0.1, -0.05) is 5.16 Å². The Balaban J connectivity index is 1.48. The predicted octanol–water partition coefficient (Wildman–Crippen LogP) is 2.32. The monoisotopic (exact) mass is 402 g/mol. The van der Waals surface area contributed by atoms with Crippen molar-refractivity contribution in [2.24, 2.45) is 0 Å². The van der Waals surface area contributed by atoms with E-state index in [0.29, 0.717) is 41.9 Å². The number of aryl methyl sites for hydroxylation is 1. The third-order valence-electron chi connectivity index (χ3n) is 4.91. The number of hydrogen-bond acceptors (Lipinski definition) is 9. The lowest BCUT2D eigenvalue weighted by Gasteiger charge is -2.36. The summed E-state index contributed by atoms with van der Waals surface area (Å²) in [4.78, 5) is 20.0. The van der Waals surface area contributed by atoms with Gasteiger partial charge < -0.3 is 14.2 Å². The standard InChI is InChI=1S/C20H18N8O2/c1-12-9-27(11-16(29-12)20-24-13(2)26-30-20)18-5-6-22-19(25-18)15-8-23-17-4-3-14(7-21)10-28(15)17/h3-6,8,10,12,16H,9,11H2,1-2H3/t12-,16-/m0/s1. The molecule has 4 aromatic heterocycles. The van der Waals surface area contributed by atoms with Gasteiger partial charge in [-0.2, -0.15) is 10.2 Å². The largest absolute Gasteiger partial charge is 0.362 e. The van der Waals surface area contributed by atoms with Crippen molar-refractivity contribution in [1.29, 1.82) is 5.26 Å². The normalized spacial score (nSPS) is 19.2. The summed E-state index contributed by atoms with van der Waals surface area (Å²) in [5.74, 6) is 2.33. The minimum atomic E-state index is -0.331. The maximum Gasteiger partial charge on any atom is 0.257 e. The minimum Gasteiger partial charge on any atom is -0.362 e. The third kappa shape index (κ3) is 3.25. The predicted molar refractivity (Wildman–Crippen MR) is 105 cm³/mol. The molecule has 2 atom stereocenters. The van der Waals surface area contributed by atoms with E-state index in [1.807, 2.05) is 17.4 Å². The summed E-state index contributed by atoms with van der Waals surface area (Å²) in [5.41, 5.74) is 1.98. The van der Waals surface area contributed by atoms with E-state index in [1.165, 1.54) is 0 Å². The van der Waals surface area contributed by atoms with Crippen LogP contribution in [-0.4, -0.2) is 48.7 Å². The average Bonchev–Trinajstić information content (AvgIpc) is 3.39. The summed E-state index contributed by atoms with van der Waals surface area (Å²) in [6.07, 6.45) is 4.79. The molecule has 1 saturated heterocycles. The first-order valence-corrected chi connectivity index (χ1v) is 9.52. The van der Waals surface area contributed by atoms with Gasteiger partial charge in [-0.25, -0.2) is 15.0 Å². The molecule has 5 rings (SSSR count). The van der Waals surface area contributed by atoms with E-state index in [0.717, 1.165) is 11.5 Å². The fourth-order valence-electron chi connectivity index (χ4n) is 3.58. The second-order valence-corrected chi connectivity index (χ2v) is 7.16. The maximum atomic E-state index is 9.20. The Hall–Kier alpha value is -3.84. The van der Waals surface area contributed by atoms with Gasteiger partial charge in [-0.3, -0.25) is 4.40 Å². The molecule has 1 aliphatic heterocycles. The van der Waals surface area contributed by atoms with Gasteiger partial charge in [0, 0.05) is 18.9 Å². The van der Waals surface area contributed by atoms with Crippen LogP contribution in [0.3, 0.4) is 0 Å². The van der Waals surface area contributed by atoms with E-state index in [9.17, 15) is 5.26 Å². The highest BCUT2D eigenvalue weighted by Gasteiger charge is 2.31. The van der Waals surface area contributed by atoms with Crippen molar-refractivity contribution in [2.75, 3.05) is 18.0 Å². The number of anilines is 1. The summed E-state index contributed by atoms with van der Waals surface area (Å²) >= 11 is 0. The minimum absolute atomic E-state index is 0.0386. The molecule has 10 heteroatoms. The van der Waals surface area contributed by atoms with Crippen molar-refractivity contribution in [3.05, 3.63) is 54.1 Å². The van der Waals surface area contributed by atoms with Gasteiger partial charge in [0.2, 0.25) is 0 Å². The van der Waals surface area contributed by atoms with Crippen molar-refractivity contribution >= 4 is 11.5 Å². The second-order valence-electron chi connectivity index (χ2n) is 7.16. The second kappa shape index (κ2) is 7.20. The molecule has 10 nitrogen and oxygen atoms in total. The number of ether oxygens (including phenoxy) is 1. The van der Waals surface area contributed by atoms with Gasteiger partial charge in [-0.05, 0) is 32.0 Å². The first kappa shape index (κ1) is 18.2. The zero-order valence-electron chi connectivity index (χ0n) is 16.4. The Labute approximate surface area is 171 Å². The van der Waals surface area contributed by atoms with Crippen LogP contribution in [-0.2, 0) is 4.74 Å². The molecule has 0 radical (unpaired) electrons. The zero-order valence-corrected chi connectivity index (χ0v) is 16.4. The topological polar surface area (TPSA) is 118 Å². The van der Waals surface area contributed by atoms with E-state index in [1.54, 1.807) is 37.6 Å². The van der Waals surface area contributed by atoms with E-state index in [-0.39, 0.29) is 12.2 Å². The first-order chi connectivity index (χ1) is 14.6. The number of morpholine rings is 1. The van der Waals surface area contributed by atoms with Gasteiger partial charge in [-0.15, -0.1) is 0 Å². The van der Waals surface area contributed by atoms with Gasteiger partial charge in [0.25, 0.3) is 5.89 Å². The summed E-state index contributed by atoms with van der Waals surface area (Å²) in [5, 5.41) is 13.1. The molecule has 0 bridgehead atoms. The first-order valence-electron chi connectivity index (χ1n) is 9.52. The Bertz CT molecular complexity index is 1260. The average molecular weight is 402 g/mol. The quantitative estimate of drug-likeness (QED) is 0.508. The van der Waals surface area contributed by atoms with Crippen LogP contribution in [0.1, 0.15) is 30.3 Å². The van der Waals surface area contributed by atoms with Gasteiger partial charge >= 0.3 is 0 Å². The zero-order chi connectivity index (χ0) is 20.7. The Kier molecular flexibility index (Phi) is 4.37. The molecule has 30 heavy (non-hydrogen) atoms. The van der Waals surface area contributed by atoms with Crippen molar-refractivity contribution < 1.29 is 9.26 Å². The lowest BCUT2D eigenvalue weighted by molar-refractivity contribution is -0.0333. The van der Waals surface area contributed by atoms with Crippen LogP contribution < -0.4 is 4.90 Å². The highest BCUT2D eigenvalue weighted by molar-refractivity contribution is 5.59. The van der Waals surface area contributed by atoms with Crippen LogP contribution in [0, 0.1) is 18.3 Å². The molecule has 0 aliphatic carbocycles. The van der Waals surface area contributed by atoms with Crippen LogP contribution >= 0.6 is 0 Å². The molecule has 0 saturated carbocycles. The van der Waals surface area contributed by atoms with E-state index in [2.05, 4.69) is 31.1 Å². The Morgan fingerprint density at radius 2 is 2.07 bits per heavy atom. The highest BCUT2D eigenvalue weighted by Crippen LogP contribution is 2.28. The van der Waals surface area contributed by atoms with Crippen LogP contribution in [0.5, 0.6) is 0 Å².